The van der Waals surface area contributed by atoms with Crippen molar-refractivity contribution in [2.24, 2.45) is 0 Å². The molecule has 6 heteroatoms. The minimum Gasteiger partial charge on any atom is -0.504 e. The van der Waals surface area contributed by atoms with E-state index in [2.05, 4.69) is 6.08 Å². The Morgan fingerprint density at radius 2 is 1.46 bits per heavy atom. The molecule has 2 aromatic carbocycles. The maximum absolute atomic E-state index is 10.6. The summed E-state index contributed by atoms with van der Waals surface area (Å²) in [5, 5.41) is 20.9. The highest BCUT2D eigenvalue weighted by Gasteiger charge is 2.25. The monoisotopic (exact) mass is 386 g/mol. The van der Waals surface area contributed by atoms with Crippen molar-refractivity contribution in [3.05, 3.63) is 41.0 Å². The molecule has 1 aliphatic carbocycles. The van der Waals surface area contributed by atoms with E-state index < -0.39 is 0 Å². The van der Waals surface area contributed by atoms with E-state index >= 15 is 0 Å². The Kier molecular flexibility index (Phi) is 5.87. The first-order chi connectivity index (χ1) is 13.6. The molecule has 0 aromatic heterocycles. The number of allylic oxidation sites excluding steroid dienone is 1. The number of hydrogen-bond acceptors (Lipinski definition) is 6. The van der Waals surface area contributed by atoms with Gasteiger partial charge in [-0.05, 0) is 55.0 Å². The molecule has 0 bridgehead atoms. The highest BCUT2D eigenvalue weighted by atomic mass is 16.5. The van der Waals surface area contributed by atoms with Crippen LogP contribution in [0.5, 0.6) is 34.5 Å². The third-order valence-electron chi connectivity index (χ3n) is 5.08. The predicted octanol–water partition coefficient (Wildman–Crippen LogP) is 4.29. The summed E-state index contributed by atoms with van der Waals surface area (Å²) in [5.74, 6) is 1.44. The van der Waals surface area contributed by atoms with Crippen LogP contribution < -0.4 is 18.9 Å². The third-order valence-corrected chi connectivity index (χ3v) is 5.08. The Balaban J connectivity index is 2.30. The molecule has 2 aromatic rings. The Morgan fingerprint density at radius 1 is 0.750 bits per heavy atom. The molecule has 0 radical (unpaired) electrons. The lowest BCUT2D eigenvalue weighted by atomic mass is 9.86. The van der Waals surface area contributed by atoms with E-state index in [1.807, 2.05) is 6.07 Å². The number of ether oxygens (including phenoxy) is 4. The van der Waals surface area contributed by atoms with Gasteiger partial charge in [0.1, 0.15) is 0 Å². The number of phenolic OH excluding ortho intramolecular Hbond substituents is 2. The van der Waals surface area contributed by atoms with Crippen molar-refractivity contribution in [3.63, 3.8) is 0 Å². The molecule has 0 atom stereocenters. The summed E-state index contributed by atoms with van der Waals surface area (Å²) in [6.45, 7) is 0. The van der Waals surface area contributed by atoms with Gasteiger partial charge >= 0.3 is 0 Å². The van der Waals surface area contributed by atoms with Crippen LogP contribution in [0.1, 0.15) is 36.0 Å². The number of rotatable bonds is 5. The first kappa shape index (κ1) is 19.7. The van der Waals surface area contributed by atoms with Crippen LogP contribution >= 0.6 is 0 Å². The molecule has 0 amide bonds. The lowest BCUT2D eigenvalue weighted by Gasteiger charge is -2.23. The van der Waals surface area contributed by atoms with E-state index in [1.54, 1.807) is 33.5 Å². The Morgan fingerprint density at radius 3 is 2.11 bits per heavy atom. The summed E-state index contributed by atoms with van der Waals surface area (Å²) in [6, 6.07) is 5.28. The number of hydrogen-bond donors (Lipinski definition) is 2. The molecule has 1 aliphatic rings. The average Bonchev–Trinajstić information content (AvgIpc) is 2.70. The van der Waals surface area contributed by atoms with E-state index in [0.717, 1.165) is 42.4 Å². The topological polar surface area (TPSA) is 77.4 Å². The standard InChI is InChI=1S/C22H26O6/c1-25-17-11-10-14(19(23)20(17)24)13-8-6-5-7-9-15-16(13)12-18(26-2)22(28-4)21(15)27-3/h8,10-12,23-24H,5-7,9H2,1-4H3. The van der Waals surface area contributed by atoms with Gasteiger partial charge in [0.15, 0.2) is 23.0 Å². The van der Waals surface area contributed by atoms with E-state index in [1.165, 1.54) is 7.11 Å². The molecule has 6 nitrogen and oxygen atoms in total. The summed E-state index contributed by atoms with van der Waals surface area (Å²) in [6.07, 6.45) is 5.74. The van der Waals surface area contributed by atoms with Crippen molar-refractivity contribution in [1.29, 1.82) is 0 Å². The third kappa shape index (κ3) is 3.30. The number of phenols is 2. The van der Waals surface area contributed by atoms with E-state index in [-0.39, 0.29) is 17.2 Å². The molecular formula is C22H26O6. The molecule has 0 aliphatic heterocycles. The van der Waals surface area contributed by atoms with Crippen molar-refractivity contribution in [3.8, 4) is 34.5 Å². The Labute approximate surface area is 164 Å². The molecule has 150 valence electrons. The van der Waals surface area contributed by atoms with Gasteiger partial charge in [-0.3, -0.25) is 0 Å². The zero-order valence-corrected chi connectivity index (χ0v) is 16.7. The Hall–Kier alpha value is -3.02. The van der Waals surface area contributed by atoms with Gasteiger partial charge in [-0.2, -0.15) is 0 Å². The SMILES string of the molecule is COc1ccc(C2=CCCCCc3c2cc(OC)c(OC)c3OC)c(O)c1O. The summed E-state index contributed by atoms with van der Waals surface area (Å²) in [5.41, 5.74) is 3.20. The molecular weight excluding hydrogens is 360 g/mol. The number of benzene rings is 2. The van der Waals surface area contributed by atoms with E-state index in [4.69, 9.17) is 18.9 Å². The second-order valence-electron chi connectivity index (χ2n) is 6.55. The van der Waals surface area contributed by atoms with Crippen LogP contribution in [0.4, 0.5) is 0 Å². The minimum atomic E-state index is -0.281. The molecule has 0 heterocycles. The quantitative estimate of drug-likeness (QED) is 0.747. The number of fused-ring (bicyclic) bond motifs is 1. The summed E-state index contributed by atoms with van der Waals surface area (Å²) >= 11 is 0. The number of methoxy groups -OCH3 is 4. The summed E-state index contributed by atoms with van der Waals surface area (Å²) < 4.78 is 21.8. The predicted molar refractivity (Wildman–Crippen MR) is 107 cm³/mol. The Bertz CT molecular complexity index is 901. The van der Waals surface area contributed by atoms with Crippen LogP contribution in [-0.2, 0) is 6.42 Å². The average molecular weight is 386 g/mol. The second-order valence-corrected chi connectivity index (χ2v) is 6.55. The maximum atomic E-state index is 10.6. The van der Waals surface area contributed by atoms with Crippen LogP contribution in [0.15, 0.2) is 24.3 Å². The lowest BCUT2D eigenvalue weighted by molar-refractivity contribution is 0.321. The van der Waals surface area contributed by atoms with Crippen molar-refractivity contribution >= 4 is 5.57 Å². The fourth-order valence-electron chi connectivity index (χ4n) is 3.71. The first-order valence-corrected chi connectivity index (χ1v) is 9.19. The molecule has 28 heavy (non-hydrogen) atoms. The largest absolute Gasteiger partial charge is 0.504 e. The van der Waals surface area contributed by atoms with Gasteiger partial charge in [0.2, 0.25) is 11.5 Å². The molecule has 0 spiro atoms. The molecule has 2 N–H and O–H groups in total. The molecule has 0 unspecified atom stereocenters. The van der Waals surface area contributed by atoms with Crippen LogP contribution in [0.2, 0.25) is 0 Å². The van der Waals surface area contributed by atoms with Gasteiger partial charge in [-0.15, -0.1) is 0 Å². The summed E-state index contributed by atoms with van der Waals surface area (Å²) in [4.78, 5) is 0. The lowest BCUT2D eigenvalue weighted by Crippen LogP contribution is -2.06. The summed E-state index contributed by atoms with van der Waals surface area (Å²) in [7, 11) is 6.21. The van der Waals surface area contributed by atoms with Crippen molar-refractivity contribution in [1.82, 2.24) is 0 Å². The van der Waals surface area contributed by atoms with E-state index in [9.17, 15) is 10.2 Å². The van der Waals surface area contributed by atoms with Gasteiger partial charge < -0.3 is 29.2 Å². The normalized spacial score (nSPS) is 13.6. The second kappa shape index (κ2) is 8.33. The molecule has 0 fully saturated rings. The van der Waals surface area contributed by atoms with Crippen LogP contribution in [0.25, 0.3) is 5.57 Å². The van der Waals surface area contributed by atoms with Gasteiger partial charge in [-0.25, -0.2) is 0 Å². The van der Waals surface area contributed by atoms with Gasteiger partial charge in [0.05, 0.1) is 28.4 Å². The van der Waals surface area contributed by atoms with E-state index in [0.29, 0.717) is 22.8 Å². The highest BCUT2D eigenvalue weighted by molar-refractivity contribution is 5.88. The fourth-order valence-corrected chi connectivity index (χ4v) is 3.71. The minimum absolute atomic E-state index is 0.217. The fraction of sp³-hybridized carbons (Fsp3) is 0.364. The smallest absolute Gasteiger partial charge is 0.203 e. The van der Waals surface area contributed by atoms with Gasteiger partial charge in [0.25, 0.3) is 0 Å². The molecule has 3 rings (SSSR count). The molecule has 0 saturated carbocycles. The van der Waals surface area contributed by atoms with Crippen molar-refractivity contribution < 1.29 is 29.2 Å². The van der Waals surface area contributed by atoms with Gasteiger partial charge in [0, 0.05) is 11.1 Å². The zero-order valence-electron chi connectivity index (χ0n) is 16.7. The highest BCUT2D eigenvalue weighted by Crippen LogP contribution is 2.49. The van der Waals surface area contributed by atoms with Gasteiger partial charge in [-0.1, -0.05) is 6.08 Å². The number of aromatic hydroxyl groups is 2. The van der Waals surface area contributed by atoms with Crippen LogP contribution in [0, 0.1) is 0 Å². The van der Waals surface area contributed by atoms with Crippen molar-refractivity contribution in [2.75, 3.05) is 28.4 Å². The zero-order chi connectivity index (χ0) is 20.3. The van der Waals surface area contributed by atoms with Crippen molar-refractivity contribution in [2.45, 2.75) is 25.7 Å². The maximum Gasteiger partial charge on any atom is 0.203 e. The first-order valence-electron chi connectivity index (χ1n) is 9.19. The van der Waals surface area contributed by atoms with Crippen LogP contribution in [-0.4, -0.2) is 38.7 Å². The molecule has 0 saturated heterocycles. The van der Waals surface area contributed by atoms with Crippen LogP contribution in [0.3, 0.4) is 0 Å².